The van der Waals surface area contributed by atoms with Gasteiger partial charge in [-0.3, -0.25) is 24.0 Å². The largest absolute Gasteiger partial charge is 0.463 e. The topological polar surface area (TPSA) is 171 Å². The molecule has 1 aliphatic heterocycles. The summed E-state index contributed by atoms with van der Waals surface area (Å²) in [4.78, 5) is 72.2. The van der Waals surface area contributed by atoms with Gasteiger partial charge in [-0.15, -0.1) is 0 Å². The predicted molar refractivity (Wildman–Crippen MR) is 130 cm³/mol. The number of carbonyl (C=O) groups is 5. The van der Waals surface area contributed by atoms with Crippen LogP contribution in [0.4, 0.5) is 0 Å². The van der Waals surface area contributed by atoms with Gasteiger partial charge in [0.25, 0.3) is 0 Å². The predicted octanol–water partition coefficient (Wildman–Crippen LogP) is 1.77. The lowest BCUT2D eigenvalue weighted by Gasteiger charge is -2.44. The molecule has 1 aromatic heterocycles. The second-order valence-corrected chi connectivity index (χ2v) is 8.81. The van der Waals surface area contributed by atoms with Crippen molar-refractivity contribution in [2.75, 3.05) is 6.61 Å². The molecule has 39 heavy (non-hydrogen) atoms. The van der Waals surface area contributed by atoms with E-state index in [1.54, 1.807) is 13.0 Å². The summed E-state index contributed by atoms with van der Waals surface area (Å²) < 4.78 is 38.4. The fourth-order valence-corrected chi connectivity index (χ4v) is 4.21. The number of carbonyl (C=O) groups excluding carboxylic acids is 5. The third-order valence-electron chi connectivity index (χ3n) is 5.62. The molecule has 13 heteroatoms. The summed E-state index contributed by atoms with van der Waals surface area (Å²) in [6.07, 6.45) is -7.17. The van der Waals surface area contributed by atoms with Crippen molar-refractivity contribution >= 4 is 40.6 Å². The molecule has 1 unspecified atom stereocenters. The van der Waals surface area contributed by atoms with Gasteiger partial charge in [0.05, 0.1) is 0 Å². The summed E-state index contributed by atoms with van der Waals surface area (Å²) in [5.74, 6) is -3.72. The monoisotopic (exact) mass is 548 g/mol. The second-order valence-electron chi connectivity index (χ2n) is 8.81. The molecule has 0 N–H and O–H groups in total. The zero-order valence-corrected chi connectivity index (χ0v) is 22.1. The summed E-state index contributed by atoms with van der Waals surface area (Å²) in [7, 11) is 0. The Morgan fingerprint density at radius 3 is 1.97 bits per heavy atom. The fraction of sp³-hybridized carbons (Fsp3) is 0.462. The summed E-state index contributed by atoms with van der Waals surface area (Å²) in [6.45, 7) is 6.86. The quantitative estimate of drug-likeness (QED) is 0.202. The molecule has 2 aromatic rings. The number of ketones is 1. The molecular formula is C26H28O13. The molecule has 0 amide bonds. The second kappa shape index (κ2) is 12.1. The van der Waals surface area contributed by atoms with Crippen LogP contribution in [0.2, 0.25) is 0 Å². The van der Waals surface area contributed by atoms with E-state index < -0.39 is 72.6 Å². The van der Waals surface area contributed by atoms with Gasteiger partial charge in [-0.05, 0) is 31.5 Å². The van der Waals surface area contributed by atoms with Crippen molar-refractivity contribution < 1.29 is 56.8 Å². The summed E-state index contributed by atoms with van der Waals surface area (Å²) in [6, 6.07) is 4.26. The van der Waals surface area contributed by atoms with E-state index in [9.17, 15) is 28.8 Å². The molecule has 5 atom stereocenters. The normalized spacial score (nSPS) is 22.5. The van der Waals surface area contributed by atoms with Crippen LogP contribution in [0.25, 0.3) is 11.0 Å². The Labute approximate surface area is 222 Å². The highest BCUT2D eigenvalue weighted by molar-refractivity contribution is 6.07. The van der Waals surface area contributed by atoms with E-state index in [4.69, 9.17) is 32.8 Å². The van der Waals surface area contributed by atoms with E-state index >= 15 is 0 Å². The molecule has 0 radical (unpaired) electrons. The first-order chi connectivity index (χ1) is 18.3. The molecule has 1 aliphatic rings. The lowest BCUT2D eigenvalue weighted by molar-refractivity contribution is -0.288. The molecular weight excluding hydrogens is 520 g/mol. The summed E-state index contributed by atoms with van der Waals surface area (Å²) >= 11 is 0. The van der Waals surface area contributed by atoms with E-state index in [2.05, 4.69) is 0 Å². The average molecular weight is 548 g/mol. The standard InChI is InChI=1S/C26H28O13/c1-11-9-20(32)39-22-17(11)7-8-18(21(22)12(2)27)37-26-25(36-16(6)31)24(35-15(5)30)23(34-14(4)29)19(38-26)10-33-13(3)28/h7-9,19,23-26H,10H2,1-6H3/t19-,23+,24+,25-,26?/m1/s1. The SMILES string of the molecule is CC(=O)OC[C@H]1OC(Oc2ccc3c(C)cc(=O)oc3c2C(C)=O)[C@H](OC(C)=O)[C@@H](OC(C)=O)[C@H]1OC(C)=O. The van der Waals surface area contributed by atoms with Crippen molar-refractivity contribution in [2.45, 2.75) is 72.2 Å². The molecule has 0 aliphatic carbocycles. The zero-order valence-electron chi connectivity index (χ0n) is 22.1. The Morgan fingerprint density at radius 1 is 0.821 bits per heavy atom. The van der Waals surface area contributed by atoms with Crippen molar-refractivity contribution in [3.63, 3.8) is 0 Å². The molecule has 2 heterocycles. The lowest BCUT2D eigenvalue weighted by Crippen LogP contribution is -2.63. The van der Waals surface area contributed by atoms with Gasteiger partial charge in [-0.2, -0.15) is 0 Å². The molecule has 1 fully saturated rings. The van der Waals surface area contributed by atoms with Crippen LogP contribution >= 0.6 is 0 Å². The van der Waals surface area contributed by atoms with Crippen molar-refractivity contribution in [2.24, 2.45) is 0 Å². The molecule has 210 valence electrons. The third-order valence-corrected chi connectivity index (χ3v) is 5.62. The third kappa shape index (κ3) is 6.99. The van der Waals surface area contributed by atoms with Crippen molar-refractivity contribution in [3.8, 4) is 5.75 Å². The molecule has 13 nitrogen and oxygen atoms in total. The highest BCUT2D eigenvalue weighted by atomic mass is 16.7. The average Bonchev–Trinajstić information content (AvgIpc) is 2.80. The highest BCUT2D eigenvalue weighted by Crippen LogP contribution is 2.35. The Kier molecular flexibility index (Phi) is 9.07. The van der Waals surface area contributed by atoms with Crippen molar-refractivity contribution in [1.82, 2.24) is 0 Å². The van der Waals surface area contributed by atoms with Gasteiger partial charge in [0, 0.05) is 39.1 Å². The first-order valence-electron chi connectivity index (χ1n) is 11.8. The summed E-state index contributed by atoms with van der Waals surface area (Å²) in [5, 5.41) is 0.480. The van der Waals surface area contributed by atoms with E-state index in [1.807, 2.05) is 0 Å². The van der Waals surface area contributed by atoms with Gasteiger partial charge >= 0.3 is 29.5 Å². The Balaban J connectivity index is 2.15. The maximum Gasteiger partial charge on any atom is 0.336 e. The number of esters is 4. The van der Waals surface area contributed by atoms with Gasteiger partial charge < -0.3 is 32.8 Å². The van der Waals surface area contributed by atoms with Gasteiger partial charge in [-0.25, -0.2) is 4.79 Å². The zero-order chi connectivity index (χ0) is 29.0. The van der Waals surface area contributed by atoms with Gasteiger partial charge in [0.2, 0.25) is 12.4 Å². The number of rotatable bonds is 8. The van der Waals surface area contributed by atoms with Crippen LogP contribution < -0.4 is 10.4 Å². The van der Waals surface area contributed by atoms with E-state index in [0.29, 0.717) is 10.9 Å². The molecule has 0 bridgehead atoms. The minimum Gasteiger partial charge on any atom is -0.463 e. The molecule has 0 spiro atoms. The van der Waals surface area contributed by atoms with Gasteiger partial charge in [-0.1, -0.05) is 0 Å². The minimum absolute atomic E-state index is 0.0318. The van der Waals surface area contributed by atoms with E-state index in [0.717, 1.165) is 27.7 Å². The molecule has 0 saturated carbocycles. The van der Waals surface area contributed by atoms with Crippen LogP contribution in [-0.4, -0.2) is 67.0 Å². The van der Waals surface area contributed by atoms with Crippen LogP contribution in [0.5, 0.6) is 5.75 Å². The van der Waals surface area contributed by atoms with Crippen LogP contribution in [0.1, 0.15) is 50.5 Å². The maximum absolute atomic E-state index is 12.7. The molecule has 3 rings (SSSR count). The number of ether oxygens (including phenoxy) is 6. The first-order valence-corrected chi connectivity index (χ1v) is 11.8. The van der Waals surface area contributed by atoms with Gasteiger partial charge in [0.1, 0.15) is 24.0 Å². The number of hydrogen-bond donors (Lipinski definition) is 0. The summed E-state index contributed by atoms with van der Waals surface area (Å²) in [5.41, 5.74) is -0.258. The Hall–Kier alpha value is -4.26. The highest BCUT2D eigenvalue weighted by Gasteiger charge is 2.53. The van der Waals surface area contributed by atoms with Crippen molar-refractivity contribution in [1.29, 1.82) is 0 Å². The number of hydrogen-bond acceptors (Lipinski definition) is 13. The van der Waals surface area contributed by atoms with Crippen LogP contribution in [0.15, 0.2) is 27.4 Å². The number of Topliss-reactive ketones (excluding diaryl/α,β-unsaturated/α-hetero) is 1. The Morgan fingerprint density at radius 2 is 1.41 bits per heavy atom. The van der Waals surface area contributed by atoms with Crippen LogP contribution in [0, 0.1) is 6.92 Å². The minimum atomic E-state index is -1.57. The number of fused-ring (bicyclic) bond motifs is 1. The van der Waals surface area contributed by atoms with Crippen LogP contribution in [-0.2, 0) is 42.9 Å². The molecule has 1 saturated heterocycles. The first kappa shape index (κ1) is 29.3. The lowest BCUT2D eigenvalue weighted by atomic mass is 9.98. The van der Waals surface area contributed by atoms with Crippen LogP contribution in [0.3, 0.4) is 0 Å². The van der Waals surface area contributed by atoms with E-state index in [1.165, 1.54) is 19.1 Å². The van der Waals surface area contributed by atoms with Crippen molar-refractivity contribution in [3.05, 3.63) is 39.7 Å². The number of benzene rings is 1. The smallest absolute Gasteiger partial charge is 0.336 e. The fourth-order valence-electron chi connectivity index (χ4n) is 4.21. The maximum atomic E-state index is 12.7. The molecule has 1 aromatic carbocycles. The van der Waals surface area contributed by atoms with E-state index in [-0.39, 0.29) is 16.9 Å². The Bertz CT molecular complexity index is 1360. The number of aryl methyl sites for hydroxylation is 1. The van der Waals surface area contributed by atoms with Gasteiger partial charge in [0.15, 0.2) is 23.6 Å².